The molecule has 0 rings (SSSR count). The maximum absolute atomic E-state index is 11.1. The van der Waals surface area contributed by atoms with E-state index in [-0.39, 0.29) is 17.3 Å². The Kier molecular flexibility index (Phi) is 6.51. The van der Waals surface area contributed by atoms with Crippen molar-refractivity contribution in [1.29, 1.82) is 0 Å². The van der Waals surface area contributed by atoms with E-state index in [9.17, 15) is 8.42 Å². The van der Waals surface area contributed by atoms with Crippen molar-refractivity contribution >= 4 is 9.84 Å². The van der Waals surface area contributed by atoms with E-state index < -0.39 is 9.84 Å². The molecule has 16 heavy (non-hydrogen) atoms. The van der Waals surface area contributed by atoms with Crippen LogP contribution in [0.25, 0.3) is 0 Å². The minimum absolute atomic E-state index is 0.181. The first kappa shape index (κ1) is 15.9. The zero-order valence-electron chi connectivity index (χ0n) is 11.0. The Hall–Kier alpha value is -0.130. The van der Waals surface area contributed by atoms with Crippen LogP contribution in [0, 0.1) is 0 Å². The van der Waals surface area contributed by atoms with Gasteiger partial charge in [-0.1, -0.05) is 0 Å². The molecular formula is C11H25NO3S. The normalized spacial score (nSPS) is 15.1. The van der Waals surface area contributed by atoms with E-state index in [0.29, 0.717) is 19.6 Å². The lowest BCUT2D eigenvalue weighted by atomic mass is 10.0. The fourth-order valence-corrected chi connectivity index (χ4v) is 2.40. The summed E-state index contributed by atoms with van der Waals surface area (Å²) in [6, 6.07) is 0.231. The van der Waals surface area contributed by atoms with Crippen LogP contribution in [-0.2, 0) is 14.6 Å². The first-order chi connectivity index (χ1) is 7.16. The summed E-state index contributed by atoms with van der Waals surface area (Å²) in [4.78, 5) is 0. The van der Waals surface area contributed by atoms with Gasteiger partial charge in [-0.3, -0.25) is 0 Å². The third-order valence-corrected chi connectivity index (χ3v) is 3.25. The summed E-state index contributed by atoms with van der Waals surface area (Å²) in [5, 5.41) is 3.37. The third-order valence-electron chi connectivity index (χ3n) is 2.31. The van der Waals surface area contributed by atoms with Crippen molar-refractivity contribution in [2.24, 2.45) is 0 Å². The van der Waals surface area contributed by atoms with E-state index in [1.54, 1.807) is 0 Å². The Labute approximate surface area is 99.7 Å². The van der Waals surface area contributed by atoms with Gasteiger partial charge < -0.3 is 10.1 Å². The SMILES string of the molecule is CCOCC(C)NC(C)(C)CCS(C)(=O)=O. The number of hydrogen-bond acceptors (Lipinski definition) is 4. The molecule has 0 amide bonds. The van der Waals surface area contributed by atoms with Gasteiger partial charge in [0.15, 0.2) is 0 Å². The summed E-state index contributed by atoms with van der Waals surface area (Å²) in [5.41, 5.74) is -0.181. The van der Waals surface area contributed by atoms with E-state index in [0.717, 1.165) is 0 Å². The van der Waals surface area contributed by atoms with E-state index in [2.05, 4.69) is 5.32 Å². The molecule has 0 aliphatic carbocycles. The lowest BCUT2D eigenvalue weighted by Crippen LogP contribution is -2.47. The molecule has 0 aromatic heterocycles. The Bertz CT molecular complexity index is 286. The van der Waals surface area contributed by atoms with Gasteiger partial charge >= 0.3 is 0 Å². The third kappa shape index (κ3) is 9.12. The second-order valence-corrected chi connectivity index (χ2v) is 7.23. The van der Waals surface area contributed by atoms with Crippen molar-refractivity contribution in [3.63, 3.8) is 0 Å². The minimum Gasteiger partial charge on any atom is -0.380 e. The summed E-state index contributed by atoms with van der Waals surface area (Å²) in [5.74, 6) is 0.217. The van der Waals surface area contributed by atoms with Crippen LogP contribution in [0.4, 0.5) is 0 Å². The zero-order valence-corrected chi connectivity index (χ0v) is 11.9. The molecule has 0 bridgehead atoms. The number of hydrogen-bond donors (Lipinski definition) is 1. The first-order valence-corrected chi connectivity index (χ1v) is 7.75. The molecule has 0 heterocycles. The van der Waals surface area contributed by atoms with Gasteiger partial charge in [0, 0.05) is 24.4 Å². The summed E-state index contributed by atoms with van der Waals surface area (Å²) in [7, 11) is -2.88. The molecule has 4 nitrogen and oxygen atoms in total. The van der Waals surface area contributed by atoms with E-state index in [1.165, 1.54) is 6.26 Å². The van der Waals surface area contributed by atoms with Gasteiger partial charge in [0.05, 0.1) is 12.4 Å². The predicted molar refractivity (Wildman–Crippen MR) is 67.5 cm³/mol. The number of sulfone groups is 1. The fraction of sp³-hybridized carbons (Fsp3) is 1.00. The Morgan fingerprint density at radius 3 is 2.38 bits per heavy atom. The average molecular weight is 251 g/mol. The van der Waals surface area contributed by atoms with Crippen molar-refractivity contribution in [2.75, 3.05) is 25.2 Å². The smallest absolute Gasteiger partial charge is 0.147 e. The van der Waals surface area contributed by atoms with Crippen LogP contribution >= 0.6 is 0 Å². The van der Waals surface area contributed by atoms with Gasteiger partial charge in [-0.05, 0) is 34.1 Å². The Morgan fingerprint density at radius 2 is 1.94 bits per heavy atom. The number of nitrogens with one attached hydrogen (secondary N) is 1. The molecule has 0 aliphatic heterocycles. The van der Waals surface area contributed by atoms with Crippen LogP contribution in [0.1, 0.15) is 34.1 Å². The highest BCUT2D eigenvalue weighted by Crippen LogP contribution is 2.11. The van der Waals surface area contributed by atoms with Crippen LogP contribution in [0.3, 0.4) is 0 Å². The number of ether oxygens (including phenoxy) is 1. The highest BCUT2D eigenvalue weighted by Gasteiger charge is 2.21. The molecule has 0 saturated carbocycles. The molecule has 0 radical (unpaired) electrons. The Morgan fingerprint density at radius 1 is 1.38 bits per heavy atom. The molecule has 0 aliphatic rings. The summed E-state index contributed by atoms with van der Waals surface area (Å²) < 4.78 is 27.5. The van der Waals surface area contributed by atoms with E-state index in [4.69, 9.17) is 4.74 Å². The molecule has 0 fully saturated rings. The zero-order chi connectivity index (χ0) is 12.8. The maximum atomic E-state index is 11.1. The molecule has 0 aromatic carbocycles. The lowest BCUT2D eigenvalue weighted by Gasteiger charge is -2.30. The second-order valence-electron chi connectivity index (χ2n) is 4.97. The van der Waals surface area contributed by atoms with Crippen molar-refractivity contribution in [1.82, 2.24) is 5.32 Å². The standard InChI is InChI=1S/C11H25NO3S/c1-6-15-9-10(2)12-11(3,4)7-8-16(5,13)14/h10,12H,6-9H2,1-5H3. The monoisotopic (exact) mass is 251 g/mol. The van der Waals surface area contributed by atoms with Crippen LogP contribution in [-0.4, -0.2) is 45.2 Å². The molecule has 0 aromatic rings. The van der Waals surface area contributed by atoms with Crippen molar-refractivity contribution < 1.29 is 13.2 Å². The molecule has 5 heteroatoms. The van der Waals surface area contributed by atoms with Gasteiger partial charge in [0.1, 0.15) is 9.84 Å². The largest absolute Gasteiger partial charge is 0.380 e. The van der Waals surface area contributed by atoms with Gasteiger partial charge in [-0.15, -0.1) is 0 Å². The maximum Gasteiger partial charge on any atom is 0.147 e. The van der Waals surface area contributed by atoms with Crippen molar-refractivity contribution in [3.8, 4) is 0 Å². The van der Waals surface area contributed by atoms with Crippen LogP contribution in [0.15, 0.2) is 0 Å². The van der Waals surface area contributed by atoms with Crippen LogP contribution in [0.2, 0.25) is 0 Å². The molecule has 1 unspecified atom stereocenters. The Balaban J connectivity index is 4.03. The molecule has 0 saturated heterocycles. The average Bonchev–Trinajstić information content (AvgIpc) is 2.10. The highest BCUT2D eigenvalue weighted by atomic mass is 32.2. The predicted octanol–water partition coefficient (Wildman–Crippen LogP) is 1.21. The fourth-order valence-electron chi connectivity index (χ4n) is 1.52. The van der Waals surface area contributed by atoms with Gasteiger partial charge in [0.2, 0.25) is 0 Å². The van der Waals surface area contributed by atoms with Crippen molar-refractivity contribution in [2.45, 2.75) is 45.7 Å². The van der Waals surface area contributed by atoms with Gasteiger partial charge in [-0.2, -0.15) is 0 Å². The lowest BCUT2D eigenvalue weighted by molar-refractivity contribution is 0.116. The van der Waals surface area contributed by atoms with E-state index >= 15 is 0 Å². The number of rotatable bonds is 8. The summed E-state index contributed by atoms with van der Waals surface area (Å²) in [6.07, 6.45) is 1.88. The highest BCUT2D eigenvalue weighted by molar-refractivity contribution is 7.90. The first-order valence-electron chi connectivity index (χ1n) is 5.69. The second kappa shape index (κ2) is 6.57. The van der Waals surface area contributed by atoms with Crippen molar-refractivity contribution in [3.05, 3.63) is 0 Å². The molecule has 0 spiro atoms. The molecule has 1 N–H and O–H groups in total. The van der Waals surface area contributed by atoms with Gasteiger partial charge in [0.25, 0.3) is 0 Å². The topological polar surface area (TPSA) is 55.4 Å². The minimum atomic E-state index is -2.88. The summed E-state index contributed by atoms with van der Waals surface area (Å²) in [6.45, 7) is 9.38. The summed E-state index contributed by atoms with van der Waals surface area (Å²) >= 11 is 0. The van der Waals surface area contributed by atoms with Crippen LogP contribution < -0.4 is 5.32 Å². The van der Waals surface area contributed by atoms with Crippen LogP contribution in [0.5, 0.6) is 0 Å². The van der Waals surface area contributed by atoms with Gasteiger partial charge in [-0.25, -0.2) is 8.42 Å². The molecular weight excluding hydrogens is 226 g/mol. The molecule has 1 atom stereocenters. The van der Waals surface area contributed by atoms with E-state index in [1.807, 2.05) is 27.7 Å². The quantitative estimate of drug-likeness (QED) is 0.704. The molecule has 98 valence electrons.